The first-order valence-electron chi connectivity index (χ1n) is 6.83. The summed E-state index contributed by atoms with van der Waals surface area (Å²) in [5, 5.41) is 0. The third kappa shape index (κ3) is 3.96. The molecule has 21 heavy (non-hydrogen) atoms. The third-order valence-electron chi connectivity index (χ3n) is 3.01. The van der Waals surface area contributed by atoms with Crippen LogP contribution in [0.4, 0.5) is 0 Å². The van der Waals surface area contributed by atoms with Gasteiger partial charge in [0.1, 0.15) is 5.75 Å². The molecule has 0 aliphatic heterocycles. The molecule has 0 aliphatic rings. The monoisotopic (exact) mass is 282 g/mol. The highest BCUT2D eigenvalue weighted by molar-refractivity contribution is 6.21. The van der Waals surface area contributed by atoms with E-state index in [0.29, 0.717) is 12.2 Å². The Morgan fingerprint density at radius 1 is 1.05 bits per heavy atom. The van der Waals surface area contributed by atoms with E-state index >= 15 is 0 Å². The van der Waals surface area contributed by atoms with Gasteiger partial charge in [-0.2, -0.15) is 0 Å². The number of ether oxygens (including phenoxy) is 2. The van der Waals surface area contributed by atoms with Crippen LogP contribution in [0.3, 0.4) is 0 Å². The van der Waals surface area contributed by atoms with Gasteiger partial charge in [0.15, 0.2) is 0 Å². The molecule has 0 spiro atoms. The Morgan fingerprint density at radius 3 is 2.29 bits per heavy atom. The Labute approximate surface area is 124 Å². The minimum Gasteiger partial charge on any atom is -0.497 e. The minimum absolute atomic E-state index is 0.327. The van der Waals surface area contributed by atoms with Gasteiger partial charge in [0.2, 0.25) is 0 Å². The second-order valence-electron chi connectivity index (χ2n) is 4.42. The number of benzene rings is 2. The molecule has 2 aromatic rings. The van der Waals surface area contributed by atoms with Crippen LogP contribution in [0.2, 0.25) is 0 Å². The van der Waals surface area contributed by atoms with Crippen LogP contribution >= 0.6 is 0 Å². The lowest BCUT2D eigenvalue weighted by Crippen LogP contribution is -2.06. The maximum Gasteiger partial charge on any atom is 0.338 e. The smallest absolute Gasteiger partial charge is 0.338 e. The summed E-state index contributed by atoms with van der Waals surface area (Å²) in [7, 11) is 1.61. The minimum atomic E-state index is -0.327. The van der Waals surface area contributed by atoms with Crippen molar-refractivity contribution in [2.45, 2.75) is 6.92 Å². The molecule has 2 aromatic carbocycles. The van der Waals surface area contributed by atoms with Crippen LogP contribution in [0, 0.1) is 0 Å². The van der Waals surface area contributed by atoms with Crippen molar-refractivity contribution >= 4 is 17.6 Å². The van der Waals surface area contributed by atoms with Crippen molar-refractivity contribution in [3.63, 3.8) is 0 Å². The van der Waals surface area contributed by atoms with E-state index in [1.165, 1.54) is 0 Å². The first-order chi connectivity index (χ1) is 10.2. The van der Waals surface area contributed by atoms with Crippen molar-refractivity contribution in [3.8, 4) is 5.75 Å². The second-order valence-corrected chi connectivity index (χ2v) is 4.42. The van der Waals surface area contributed by atoms with Crippen molar-refractivity contribution in [2.75, 3.05) is 13.7 Å². The van der Waals surface area contributed by atoms with Gasteiger partial charge in [-0.3, -0.25) is 0 Å². The van der Waals surface area contributed by atoms with Crippen LogP contribution in [-0.2, 0) is 9.53 Å². The summed E-state index contributed by atoms with van der Waals surface area (Å²) in [6, 6.07) is 17.1. The predicted octanol–water partition coefficient (Wildman–Crippen LogP) is 3.80. The molecule has 108 valence electrons. The molecule has 0 radical (unpaired) electrons. The molecule has 0 unspecified atom stereocenters. The summed E-state index contributed by atoms with van der Waals surface area (Å²) in [5.41, 5.74) is 2.29. The van der Waals surface area contributed by atoms with Crippen LogP contribution in [0.1, 0.15) is 18.1 Å². The molecule has 0 N–H and O–H groups in total. The molecule has 0 heterocycles. The molecule has 0 saturated heterocycles. The van der Waals surface area contributed by atoms with Gasteiger partial charge in [-0.1, -0.05) is 42.5 Å². The highest BCUT2D eigenvalue weighted by Gasteiger charge is 2.13. The van der Waals surface area contributed by atoms with Gasteiger partial charge >= 0.3 is 5.97 Å². The van der Waals surface area contributed by atoms with E-state index in [4.69, 9.17) is 9.47 Å². The van der Waals surface area contributed by atoms with Gasteiger partial charge < -0.3 is 9.47 Å². The maximum atomic E-state index is 12.2. The number of hydrogen-bond donors (Lipinski definition) is 0. The summed E-state index contributed by atoms with van der Waals surface area (Å²) in [5.74, 6) is 0.424. The summed E-state index contributed by atoms with van der Waals surface area (Å²) in [6.07, 6.45) is 1.83. The summed E-state index contributed by atoms with van der Waals surface area (Å²) in [4.78, 5) is 12.2. The quantitative estimate of drug-likeness (QED) is 0.475. The summed E-state index contributed by atoms with van der Waals surface area (Å²) < 4.78 is 10.3. The van der Waals surface area contributed by atoms with E-state index in [2.05, 4.69) is 0 Å². The molecule has 0 atom stereocenters. The van der Waals surface area contributed by atoms with Crippen molar-refractivity contribution in [3.05, 3.63) is 65.7 Å². The van der Waals surface area contributed by atoms with E-state index < -0.39 is 0 Å². The van der Waals surface area contributed by atoms with E-state index in [1.54, 1.807) is 14.0 Å². The van der Waals surface area contributed by atoms with Crippen LogP contribution in [0.15, 0.2) is 54.6 Å². The first kappa shape index (κ1) is 14.9. The molecular formula is C18H18O3. The Bertz CT molecular complexity index is 613. The van der Waals surface area contributed by atoms with Gasteiger partial charge in [-0.05, 0) is 36.3 Å². The van der Waals surface area contributed by atoms with E-state index in [1.807, 2.05) is 60.7 Å². The molecule has 3 nitrogen and oxygen atoms in total. The molecule has 0 fully saturated rings. The highest BCUT2D eigenvalue weighted by Crippen LogP contribution is 2.22. The average Bonchev–Trinajstić information content (AvgIpc) is 2.54. The fraction of sp³-hybridized carbons (Fsp3) is 0.167. The number of carbonyl (C=O) groups excluding carboxylic acids is 1. The molecule has 0 bridgehead atoms. The van der Waals surface area contributed by atoms with Crippen LogP contribution in [-0.4, -0.2) is 19.7 Å². The lowest BCUT2D eigenvalue weighted by atomic mass is 10.0. The molecule has 2 rings (SSSR count). The molecule has 0 amide bonds. The molecule has 0 aliphatic carbocycles. The number of methoxy groups -OCH3 is 1. The Morgan fingerprint density at radius 2 is 1.71 bits per heavy atom. The fourth-order valence-electron chi connectivity index (χ4n) is 1.96. The normalized spacial score (nSPS) is 11.0. The Hall–Kier alpha value is -2.55. The highest BCUT2D eigenvalue weighted by atomic mass is 16.5. The zero-order valence-electron chi connectivity index (χ0n) is 12.2. The van der Waals surface area contributed by atoms with Crippen LogP contribution in [0.25, 0.3) is 11.6 Å². The summed E-state index contributed by atoms with van der Waals surface area (Å²) >= 11 is 0. The largest absolute Gasteiger partial charge is 0.497 e. The number of rotatable bonds is 5. The lowest BCUT2D eigenvalue weighted by Gasteiger charge is -2.08. The number of hydrogen-bond acceptors (Lipinski definition) is 3. The second kappa shape index (κ2) is 7.29. The molecular weight excluding hydrogens is 264 g/mol. The van der Waals surface area contributed by atoms with Gasteiger partial charge in [-0.25, -0.2) is 4.79 Å². The zero-order valence-corrected chi connectivity index (χ0v) is 12.2. The van der Waals surface area contributed by atoms with Gasteiger partial charge in [-0.15, -0.1) is 0 Å². The van der Waals surface area contributed by atoms with Crippen molar-refractivity contribution < 1.29 is 14.3 Å². The number of esters is 1. The maximum absolute atomic E-state index is 12.2. The van der Waals surface area contributed by atoms with E-state index in [0.717, 1.165) is 16.9 Å². The first-order valence-corrected chi connectivity index (χ1v) is 6.83. The van der Waals surface area contributed by atoms with Gasteiger partial charge in [0.05, 0.1) is 19.3 Å². The van der Waals surface area contributed by atoms with Crippen molar-refractivity contribution in [1.82, 2.24) is 0 Å². The third-order valence-corrected chi connectivity index (χ3v) is 3.01. The van der Waals surface area contributed by atoms with Gasteiger partial charge in [0.25, 0.3) is 0 Å². The van der Waals surface area contributed by atoms with Crippen molar-refractivity contribution in [1.29, 1.82) is 0 Å². The Balaban J connectivity index is 2.40. The number of carbonyl (C=O) groups is 1. The summed E-state index contributed by atoms with van der Waals surface area (Å²) in [6.45, 7) is 2.15. The lowest BCUT2D eigenvalue weighted by molar-refractivity contribution is -0.136. The standard InChI is InChI=1S/C18H18O3/c1-3-21-18(19)17(13-14-7-5-4-6-8-14)15-9-11-16(20-2)12-10-15/h4-13H,3H2,1-2H3/b17-13-. The van der Waals surface area contributed by atoms with E-state index in [-0.39, 0.29) is 5.97 Å². The predicted molar refractivity (Wildman–Crippen MR) is 83.9 cm³/mol. The zero-order chi connectivity index (χ0) is 15.1. The molecule has 3 heteroatoms. The van der Waals surface area contributed by atoms with Gasteiger partial charge in [0, 0.05) is 0 Å². The van der Waals surface area contributed by atoms with Crippen molar-refractivity contribution in [2.24, 2.45) is 0 Å². The van der Waals surface area contributed by atoms with Crippen LogP contribution < -0.4 is 4.74 Å². The Kier molecular flexibility index (Phi) is 5.16. The average molecular weight is 282 g/mol. The molecule has 0 aromatic heterocycles. The SMILES string of the molecule is CCOC(=O)/C(=C\c1ccccc1)c1ccc(OC)cc1. The van der Waals surface area contributed by atoms with E-state index in [9.17, 15) is 4.79 Å². The molecule has 0 saturated carbocycles. The van der Waals surface area contributed by atoms with Crippen LogP contribution in [0.5, 0.6) is 5.75 Å². The fourth-order valence-corrected chi connectivity index (χ4v) is 1.96. The topological polar surface area (TPSA) is 35.5 Å².